The molecule has 0 fully saturated rings. The Bertz CT molecular complexity index is 320. The minimum atomic E-state index is 0.700. The van der Waals surface area contributed by atoms with Gasteiger partial charge in [0.1, 0.15) is 0 Å². The fourth-order valence-electron chi connectivity index (χ4n) is 1.65. The summed E-state index contributed by atoms with van der Waals surface area (Å²) in [5, 5.41) is 8.01. The number of aryl methyl sites for hydroxylation is 2. The zero-order valence-electron chi connectivity index (χ0n) is 11.5. The molecule has 0 spiro atoms. The van der Waals surface area contributed by atoms with Crippen molar-refractivity contribution in [1.29, 1.82) is 0 Å². The van der Waals surface area contributed by atoms with E-state index in [9.17, 15) is 0 Å². The first-order chi connectivity index (χ1) is 8.13. The van der Waals surface area contributed by atoms with Gasteiger partial charge in [0.05, 0.1) is 5.69 Å². The highest BCUT2D eigenvalue weighted by Gasteiger charge is 2.04. The first-order valence-electron chi connectivity index (χ1n) is 6.44. The summed E-state index contributed by atoms with van der Waals surface area (Å²) in [4.78, 5) is 0. The number of hydrogen-bond donors (Lipinski definition) is 1. The van der Waals surface area contributed by atoms with E-state index in [4.69, 9.17) is 0 Å². The molecule has 0 saturated heterocycles. The lowest BCUT2D eigenvalue weighted by Crippen LogP contribution is -2.19. The van der Waals surface area contributed by atoms with Crippen molar-refractivity contribution in [2.75, 3.05) is 18.1 Å². The molecule has 1 heterocycles. The Balaban J connectivity index is 2.39. The average molecular weight is 255 g/mol. The van der Waals surface area contributed by atoms with E-state index in [1.807, 2.05) is 11.8 Å². The van der Waals surface area contributed by atoms with Crippen LogP contribution in [0.25, 0.3) is 0 Å². The van der Waals surface area contributed by atoms with Crippen LogP contribution < -0.4 is 5.32 Å². The number of hydrogen-bond acceptors (Lipinski definition) is 3. The summed E-state index contributed by atoms with van der Waals surface area (Å²) in [6.07, 6.45) is 2.18. The van der Waals surface area contributed by atoms with Gasteiger partial charge in [0.15, 0.2) is 0 Å². The fraction of sp³-hybridized carbons (Fsp3) is 0.769. The topological polar surface area (TPSA) is 29.9 Å². The maximum atomic E-state index is 4.54. The molecule has 1 aromatic heterocycles. The molecule has 98 valence electrons. The molecule has 0 amide bonds. The zero-order valence-corrected chi connectivity index (χ0v) is 12.3. The summed E-state index contributed by atoms with van der Waals surface area (Å²) in [5.41, 5.74) is 2.48. The Morgan fingerprint density at radius 2 is 2.24 bits per heavy atom. The van der Waals surface area contributed by atoms with Crippen LogP contribution in [0.1, 0.15) is 32.0 Å². The molecule has 0 aliphatic rings. The quantitative estimate of drug-likeness (QED) is 0.724. The minimum absolute atomic E-state index is 0.700. The van der Waals surface area contributed by atoms with Gasteiger partial charge in [-0.2, -0.15) is 16.9 Å². The maximum absolute atomic E-state index is 4.54. The van der Waals surface area contributed by atoms with Crippen LogP contribution in [0.4, 0.5) is 0 Å². The summed E-state index contributed by atoms with van der Waals surface area (Å²) in [7, 11) is 0. The van der Waals surface area contributed by atoms with Crippen molar-refractivity contribution in [2.24, 2.45) is 5.92 Å². The van der Waals surface area contributed by atoms with Gasteiger partial charge in [-0.3, -0.25) is 4.68 Å². The number of aromatic nitrogens is 2. The van der Waals surface area contributed by atoms with Crippen LogP contribution in [0.15, 0.2) is 6.20 Å². The second-order valence-electron chi connectivity index (χ2n) is 4.72. The van der Waals surface area contributed by atoms with Gasteiger partial charge in [-0.15, -0.1) is 0 Å². The molecule has 1 aromatic rings. The van der Waals surface area contributed by atoms with E-state index in [0.29, 0.717) is 5.92 Å². The van der Waals surface area contributed by atoms with Crippen LogP contribution in [0, 0.1) is 12.8 Å². The first kappa shape index (κ1) is 14.6. The third kappa shape index (κ3) is 5.59. The smallest absolute Gasteiger partial charge is 0.0638 e. The number of nitrogens with one attached hydrogen (secondary N) is 1. The molecule has 0 atom stereocenters. The van der Waals surface area contributed by atoms with Gasteiger partial charge in [-0.25, -0.2) is 0 Å². The van der Waals surface area contributed by atoms with Crippen LogP contribution in [0.5, 0.6) is 0 Å². The normalized spacial score (nSPS) is 11.4. The second kappa shape index (κ2) is 7.77. The van der Waals surface area contributed by atoms with Crippen molar-refractivity contribution in [3.63, 3.8) is 0 Å². The van der Waals surface area contributed by atoms with E-state index in [1.54, 1.807) is 0 Å². The van der Waals surface area contributed by atoms with Crippen molar-refractivity contribution in [3.8, 4) is 0 Å². The van der Waals surface area contributed by atoms with Crippen molar-refractivity contribution in [1.82, 2.24) is 15.1 Å². The van der Waals surface area contributed by atoms with Crippen LogP contribution in [-0.2, 0) is 13.1 Å². The van der Waals surface area contributed by atoms with Gasteiger partial charge < -0.3 is 5.32 Å². The number of thioether (sulfide) groups is 1. The Morgan fingerprint density at radius 3 is 2.88 bits per heavy atom. The Labute approximate surface area is 109 Å². The standard InChI is InChI=1S/C13H25N3S/c1-5-17-7-6-16-10-13(12(4)15-16)9-14-8-11(2)3/h10-11,14H,5-9H2,1-4H3. The highest BCUT2D eigenvalue weighted by atomic mass is 32.2. The lowest BCUT2D eigenvalue weighted by atomic mass is 10.2. The summed E-state index contributed by atoms with van der Waals surface area (Å²) in [6, 6.07) is 0. The Kier molecular flexibility index (Phi) is 6.66. The highest BCUT2D eigenvalue weighted by molar-refractivity contribution is 7.99. The molecule has 1 rings (SSSR count). The van der Waals surface area contributed by atoms with Crippen LogP contribution in [-0.4, -0.2) is 27.8 Å². The molecule has 1 N–H and O–H groups in total. The SMILES string of the molecule is CCSCCn1cc(CNCC(C)C)c(C)n1. The molecule has 0 aliphatic heterocycles. The third-order valence-electron chi connectivity index (χ3n) is 2.58. The molecule has 0 aliphatic carbocycles. The average Bonchev–Trinajstić information content (AvgIpc) is 2.60. The first-order valence-corrected chi connectivity index (χ1v) is 7.60. The highest BCUT2D eigenvalue weighted by Crippen LogP contribution is 2.07. The van der Waals surface area contributed by atoms with Gasteiger partial charge >= 0.3 is 0 Å². The molecule has 0 radical (unpaired) electrons. The fourth-order valence-corrected chi connectivity index (χ4v) is 2.25. The van der Waals surface area contributed by atoms with Gasteiger partial charge in [0.25, 0.3) is 0 Å². The van der Waals surface area contributed by atoms with Crippen molar-refractivity contribution in [3.05, 3.63) is 17.5 Å². The monoisotopic (exact) mass is 255 g/mol. The third-order valence-corrected chi connectivity index (χ3v) is 3.46. The molecule has 4 heteroatoms. The van der Waals surface area contributed by atoms with Crippen molar-refractivity contribution in [2.45, 2.75) is 40.8 Å². The summed E-state index contributed by atoms with van der Waals surface area (Å²) in [5.74, 6) is 3.03. The lowest BCUT2D eigenvalue weighted by molar-refractivity contribution is 0.551. The van der Waals surface area contributed by atoms with Crippen LogP contribution in [0.2, 0.25) is 0 Å². The summed E-state index contributed by atoms with van der Waals surface area (Å²) in [6.45, 7) is 11.8. The molecule has 0 saturated carbocycles. The Hall–Kier alpha value is -0.480. The van der Waals surface area contributed by atoms with E-state index >= 15 is 0 Å². The van der Waals surface area contributed by atoms with Crippen molar-refractivity contribution < 1.29 is 0 Å². The summed E-state index contributed by atoms with van der Waals surface area (Å²) < 4.78 is 2.07. The van der Waals surface area contributed by atoms with Crippen LogP contribution in [0.3, 0.4) is 0 Å². The predicted octanol–water partition coefficient (Wildman–Crippen LogP) is 2.69. The van der Waals surface area contributed by atoms with E-state index in [-0.39, 0.29) is 0 Å². The molecule has 3 nitrogen and oxygen atoms in total. The molecule has 0 aromatic carbocycles. The van der Waals surface area contributed by atoms with Crippen LogP contribution >= 0.6 is 11.8 Å². The van der Waals surface area contributed by atoms with Gasteiger partial charge in [0, 0.05) is 30.6 Å². The van der Waals surface area contributed by atoms with Gasteiger partial charge in [0.2, 0.25) is 0 Å². The molecule has 0 bridgehead atoms. The second-order valence-corrected chi connectivity index (χ2v) is 6.12. The molecule has 0 unspecified atom stereocenters. The van der Waals surface area contributed by atoms with Gasteiger partial charge in [-0.05, 0) is 25.1 Å². The minimum Gasteiger partial charge on any atom is -0.312 e. The lowest BCUT2D eigenvalue weighted by Gasteiger charge is -2.05. The predicted molar refractivity (Wildman–Crippen MR) is 76.5 cm³/mol. The molecule has 17 heavy (non-hydrogen) atoms. The van der Waals surface area contributed by atoms with E-state index in [2.05, 4.69) is 49.0 Å². The number of nitrogens with zero attached hydrogens (tertiary/aromatic N) is 2. The van der Waals surface area contributed by atoms with E-state index in [1.165, 1.54) is 11.3 Å². The molecular weight excluding hydrogens is 230 g/mol. The van der Waals surface area contributed by atoms with Crippen molar-refractivity contribution >= 4 is 11.8 Å². The molecular formula is C13H25N3S. The Morgan fingerprint density at radius 1 is 1.47 bits per heavy atom. The largest absolute Gasteiger partial charge is 0.312 e. The zero-order chi connectivity index (χ0) is 12.7. The van der Waals surface area contributed by atoms with E-state index in [0.717, 1.165) is 31.1 Å². The summed E-state index contributed by atoms with van der Waals surface area (Å²) >= 11 is 1.96. The van der Waals surface area contributed by atoms with Gasteiger partial charge in [-0.1, -0.05) is 20.8 Å². The van der Waals surface area contributed by atoms with E-state index < -0.39 is 0 Å². The number of rotatable bonds is 8. The maximum Gasteiger partial charge on any atom is 0.0638 e.